The van der Waals surface area contributed by atoms with Crippen molar-refractivity contribution in [2.45, 2.75) is 32.4 Å². The van der Waals surface area contributed by atoms with Gasteiger partial charge in [-0.1, -0.05) is 12.1 Å². The molecule has 1 aromatic heterocycles. The summed E-state index contributed by atoms with van der Waals surface area (Å²) < 4.78 is 10.6. The van der Waals surface area contributed by atoms with E-state index in [2.05, 4.69) is 10.6 Å². The van der Waals surface area contributed by atoms with Crippen LogP contribution in [0.3, 0.4) is 0 Å². The number of likely N-dealkylation sites (tertiary alicyclic amines) is 1. The van der Waals surface area contributed by atoms with E-state index in [9.17, 15) is 9.59 Å². The molecule has 1 saturated heterocycles. The molecular weight excluding hydrogens is 346 g/mol. The molecule has 1 fully saturated rings. The summed E-state index contributed by atoms with van der Waals surface area (Å²) in [6.45, 7) is 2.97. The van der Waals surface area contributed by atoms with Gasteiger partial charge in [-0.15, -0.1) is 0 Å². The van der Waals surface area contributed by atoms with Gasteiger partial charge in [-0.25, -0.2) is 4.79 Å². The summed E-state index contributed by atoms with van der Waals surface area (Å²) in [5.41, 5.74) is 1.78. The number of rotatable bonds is 9. The van der Waals surface area contributed by atoms with Gasteiger partial charge in [-0.05, 0) is 42.7 Å². The number of urea groups is 1. The lowest BCUT2D eigenvalue weighted by Gasteiger charge is -2.15. The molecule has 1 aromatic carbocycles. The zero-order chi connectivity index (χ0) is 18.9. The fourth-order valence-corrected chi connectivity index (χ4v) is 2.90. The molecule has 7 heteroatoms. The highest BCUT2D eigenvalue weighted by molar-refractivity contribution is 5.89. The fourth-order valence-electron chi connectivity index (χ4n) is 2.90. The maximum Gasteiger partial charge on any atom is 0.319 e. The van der Waals surface area contributed by atoms with Crippen molar-refractivity contribution >= 4 is 17.6 Å². The van der Waals surface area contributed by atoms with Crippen LogP contribution >= 0.6 is 0 Å². The van der Waals surface area contributed by atoms with Crippen LogP contribution in [0.2, 0.25) is 0 Å². The number of nitrogens with zero attached hydrogens (tertiary/aromatic N) is 1. The van der Waals surface area contributed by atoms with Crippen LogP contribution in [0.5, 0.6) is 0 Å². The van der Waals surface area contributed by atoms with Crippen molar-refractivity contribution in [3.05, 3.63) is 54.0 Å². The Labute approximate surface area is 158 Å². The van der Waals surface area contributed by atoms with E-state index < -0.39 is 0 Å². The molecule has 0 radical (unpaired) electrons. The van der Waals surface area contributed by atoms with E-state index in [-0.39, 0.29) is 11.9 Å². The summed E-state index contributed by atoms with van der Waals surface area (Å²) in [7, 11) is 0. The van der Waals surface area contributed by atoms with Gasteiger partial charge in [-0.2, -0.15) is 0 Å². The second kappa shape index (κ2) is 9.78. The highest BCUT2D eigenvalue weighted by atomic mass is 16.5. The molecule has 2 aromatic rings. The van der Waals surface area contributed by atoms with E-state index in [4.69, 9.17) is 9.15 Å². The summed E-state index contributed by atoms with van der Waals surface area (Å²) in [6, 6.07) is 11.0. The van der Waals surface area contributed by atoms with Crippen molar-refractivity contribution in [1.29, 1.82) is 0 Å². The number of benzene rings is 1. The molecular formula is C20H25N3O4. The lowest BCUT2D eigenvalue weighted by atomic mass is 10.2. The Morgan fingerprint density at radius 2 is 2.07 bits per heavy atom. The molecule has 27 heavy (non-hydrogen) atoms. The van der Waals surface area contributed by atoms with Crippen LogP contribution in [-0.4, -0.2) is 36.5 Å². The molecule has 3 rings (SSSR count). The van der Waals surface area contributed by atoms with Gasteiger partial charge in [0.05, 0.1) is 6.26 Å². The smallest absolute Gasteiger partial charge is 0.319 e. The number of hydrogen-bond acceptors (Lipinski definition) is 4. The average molecular weight is 371 g/mol. The van der Waals surface area contributed by atoms with Crippen LogP contribution in [0, 0.1) is 0 Å². The summed E-state index contributed by atoms with van der Waals surface area (Å²) in [4.78, 5) is 25.4. The number of furan rings is 1. The van der Waals surface area contributed by atoms with Gasteiger partial charge in [0.25, 0.3) is 0 Å². The lowest BCUT2D eigenvalue weighted by molar-refractivity contribution is -0.128. The quantitative estimate of drug-likeness (QED) is 0.664. The largest absolute Gasteiger partial charge is 0.467 e. The van der Waals surface area contributed by atoms with E-state index in [1.54, 1.807) is 6.26 Å². The van der Waals surface area contributed by atoms with Gasteiger partial charge in [0.15, 0.2) is 0 Å². The van der Waals surface area contributed by atoms with Gasteiger partial charge in [0, 0.05) is 38.3 Å². The first kappa shape index (κ1) is 19.0. The minimum atomic E-state index is -0.247. The van der Waals surface area contributed by atoms with Crippen LogP contribution in [0.4, 0.5) is 10.5 Å². The van der Waals surface area contributed by atoms with Gasteiger partial charge < -0.3 is 24.7 Å². The number of anilines is 1. The third-order valence-corrected chi connectivity index (χ3v) is 4.33. The fraction of sp³-hybridized carbons (Fsp3) is 0.400. The molecule has 0 aliphatic carbocycles. The zero-order valence-corrected chi connectivity index (χ0v) is 15.3. The zero-order valence-electron chi connectivity index (χ0n) is 15.3. The van der Waals surface area contributed by atoms with Gasteiger partial charge in [0.1, 0.15) is 12.4 Å². The lowest BCUT2D eigenvalue weighted by Crippen LogP contribution is -2.30. The maximum absolute atomic E-state index is 11.9. The molecule has 144 valence electrons. The monoisotopic (exact) mass is 371 g/mol. The summed E-state index contributed by atoms with van der Waals surface area (Å²) in [5, 5.41) is 5.60. The number of hydrogen-bond donors (Lipinski definition) is 2. The minimum absolute atomic E-state index is 0.213. The van der Waals surface area contributed by atoms with E-state index in [0.29, 0.717) is 32.7 Å². The minimum Gasteiger partial charge on any atom is -0.467 e. The summed E-state index contributed by atoms with van der Waals surface area (Å²) in [6.07, 6.45) is 3.92. The highest BCUT2D eigenvalue weighted by Gasteiger charge is 2.19. The Kier molecular flexibility index (Phi) is 6.87. The number of ether oxygens (including phenoxy) is 1. The third-order valence-electron chi connectivity index (χ3n) is 4.33. The normalized spacial score (nSPS) is 13.8. The third kappa shape index (κ3) is 6.14. The molecule has 1 aliphatic rings. The van der Waals surface area contributed by atoms with E-state index in [1.807, 2.05) is 41.3 Å². The van der Waals surface area contributed by atoms with Crippen LogP contribution in [-0.2, 0) is 22.7 Å². The second-order valence-corrected chi connectivity index (χ2v) is 6.48. The van der Waals surface area contributed by atoms with Crippen LogP contribution < -0.4 is 10.6 Å². The van der Waals surface area contributed by atoms with Gasteiger partial charge in [-0.3, -0.25) is 4.79 Å². The number of nitrogens with one attached hydrogen (secondary N) is 2. The Hall–Kier alpha value is -2.80. The predicted octanol–water partition coefficient (Wildman–Crippen LogP) is 3.13. The second-order valence-electron chi connectivity index (χ2n) is 6.48. The summed E-state index contributed by atoms with van der Waals surface area (Å²) >= 11 is 0. The molecule has 0 saturated carbocycles. The predicted molar refractivity (Wildman–Crippen MR) is 101 cm³/mol. The van der Waals surface area contributed by atoms with Crippen LogP contribution in [0.25, 0.3) is 0 Å². The van der Waals surface area contributed by atoms with Crippen molar-refractivity contribution in [2.75, 3.05) is 25.0 Å². The Balaban J connectivity index is 1.30. The first-order chi connectivity index (χ1) is 13.2. The molecule has 2 N–H and O–H groups in total. The van der Waals surface area contributed by atoms with E-state index >= 15 is 0 Å². The van der Waals surface area contributed by atoms with Crippen molar-refractivity contribution in [2.24, 2.45) is 0 Å². The molecule has 0 atom stereocenters. The Bertz CT molecular complexity index is 728. The molecule has 3 amide bonds. The number of carbonyl (C=O) groups excluding carboxylic acids is 2. The molecule has 0 bridgehead atoms. The van der Waals surface area contributed by atoms with Crippen molar-refractivity contribution in [3.8, 4) is 0 Å². The first-order valence-electron chi connectivity index (χ1n) is 9.22. The van der Waals surface area contributed by atoms with Gasteiger partial charge in [0.2, 0.25) is 5.91 Å². The number of carbonyl (C=O) groups is 2. The van der Waals surface area contributed by atoms with Crippen LogP contribution in [0.1, 0.15) is 30.6 Å². The van der Waals surface area contributed by atoms with E-state index in [0.717, 1.165) is 36.4 Å². The molecule has 1 aliphatic heterocycles. The van der Waals surface area contributed by atoms with Crippen molar-refractivity contribution in [3.63, 3.8) is 0 Å². The topological polar surface area (TPSA) is 83.8 Å². The first-order valence-corrected chi connectivity index (χ1v) is 9.22. The van der Waals surface area contributed by atoms with Crippen molar-refractivity contribution in [1.82, 2.24) is 10.2 Å². The molecule has 0 spiro atoms. The van der Waals surface area contributed by atoms with Gasteiger partial charge >= 0.3 is 6.03 Å². The Morgan fingerprint density at radius 1 is 1.22 bits per heavy atom. The van der Waals surface area contributed by atoms with Crippen LogP contribution in [0.15, 0.2) is 47.1 Å². The standard InChI is InChI=1S/C20H25N3O4/c24-19-5-1-11-23(19)14-16-6-8-17(9-7-16)22-20(25)21-10-3-12-26-15-18-4-2-13-27-18/h2,4,6-9,13H,1,3,5,10-12,14-15H2,(H2,21,22,25). The van der Waals surface area contributed by atoms with Crippen molar-refractivity contribution < 1.29 is 18.7 Å². The maximum atomic E-state index is 11.9. The Morgan fingerprint density at radius 3 is 2.78 bits per heavy atom. The average Bonchev–Trinajstić information content (AvgIpc) is 3.32. The molecule has 2 heterocycles. The van der Waals surface area contributed by atoms with E-state index in [1.165, 1.54) is 0 Å². The summed E-state index contributed by atoms with van der Waals surface area (Å²) in [5.74, 6) is 1.00. The molecule has 7 nitrogen and oxygen atoms in total. The molecule has 0 unspecified atom stereocenters. The highest BCUT2D eigenvalue weighted by Crippen LogP contribution is 2.16. The number of amides is 3. The SMILES string of the molecule is O=C(NCCCOCc1ccco1)Nc1ccc(CN2CCCC2=O)cc1.